The molecule has 0 spiro atoms. The van der Waals surface area contributed by atoms with Crippen LogP contribution in [-0.4, -0.2) is 23.2 Å². The Labute approximate surface area is 188 Å². The quantitative estimate of drug-likeness (QED) is 0.525. The number of pyridine rings is 1. The smallest absolute Gasteiger partial charge is 0.310 e. The maximum absolute atomic E-state index is 13.3. The number of para-hydroxylation sites is 1. The first kappa shape index (κ1) is 20.3. The summed E-state index contributed by atoms with van der Waals surface area (Å²) in [5, 5.41) is 0.887. The lowest BCUT2D eigenvalue weighted by Gasteiger charge is -2.59. The van der Waals surface area contributed by atoms with Crippen molar-refractivity contribution >= 4 is 32.8 Å². The minimum atomic E-state index is -0.627. The van der Waals surface area contributed by atoms with Crippen LogP contribution in [0.15, 0.2) is 57.8 Å². The molecule has 5 rings (SSSR count). The summed E-state index contributed by atoms with van der Waals surface area (Å²) in [4.78, 5) is 29.3. The summed E-state index contributed by atoms with van der Waals surface area (Å²) in [5.41, 5.74) is 1.64. The van der Waals surface area contributed by atoms with Gasteiger partial charge in [-0.15, -0.1) is 0 Å². The normalized spacial score (nSPS) is 25.7. The van der Waals surface area contributed by atoms with E-state index in [0.717, 1.165) is 20.9 Å². The number of aromatic nitrogens is 1. The summed E-state index contributed by atoms with van der Waals surface area (Å²) in [6, 6.07) is 15.7. The molecule has 160 valence electrons. The van der Waals surface area contributed by atoms with Gasteiger partial charge in [-0.1, -0.05) is 40.2 Å². The topological polar surface area (TPSA) is 68.4 Å². The van der Waals surface area contributed by atoms with E-state index < -0.39 is 5.60 Å². The highest BCUT2D eigenvalue weighted by Crippen LogP contribution is 2.65. The first-order valence-corrected chi connectivity index (χ1v) is 11.4. The number of fused-ring (bicyclic) bond motifs is 5. The van der Waals surface area contributed by atoms with E-state index in [-0.39, 0.29) is 35.2 Å². The van der Waals surface area contributed by atoms with Crippen LogP contribution in [-0.2, 0) is 9.53 Å². The number of H-pyrrole nitrogens is 1. The van der Waals surface area contributed by atoms with Crippen LogP contribution in [0.5, 0.6) is 5.75 Å². The number of carbonyl (C=O) groups excluding carboxylic acids is 1. The second-order valence-electron chi connectivity index (χ2n) is 8.85. The summed E-state index contributed by atoms with van der Waals surface area (Å²) in [6.45, 7) is 6.15. The average molecular weight is 482 g/mol. The number of carbonyl (C=O) groups is 1. The third-order valence-electron chi connectivity index (χ3n) is 6.77. The molecule has 0 unspecified atom stereocenters. The predicted molar refractivity (Wildman–Crippen MR) is 123 cm³/mol. The lowest BCUT2D eigenvalue weighted by molar-refractivity contribution is -0.169. The molecule has 4 atom stereocenters. The van der Waals surface area contributed by atoms with E-state index in [1.165, 1.54) is 0 Å². The van der Waals surface area contributed by atoms with Gasteiger partial charge in [0.15, 0.2) is 0 Å². The minimum Gasteiger partial charge on any atom is -0.486 e. The van der Waals surface area contributed by atoms with Crippen LogP contribution >= 0.6 is 15.9 Å². The third-order valence-corrected chi connectivity index (χ3v) is 7.30. The largest absolute Gasteiger partial charge is 0.486 e. The number of esters is 1. The van der Waals surface area contributed by atoms with E-state index in [0.29, 0.717) is 17.9 Å². The molecule has 2 heterocycles. The van der Waals surface area contributed by atoms with Gasteiger partial charge in [0.25, 0.3) is 5.56 Å². The maximum Gasteiger partial charge on any atom is 0.310 e. The Kier molecular flexibility index (Phi) is 4.74. The van der Waals surface area contributed by atoms with Gasteiger partial charge in [-0.2, -0.15) is 0 Å². The molecular weight excluding hydrogens is 458 g/mol. The fourth-order valence-electron chi connectivity index (χ4n) is 5.58. The van der Waals surface area contributed by atoms with Crippen molar-refractivity contribution < 1.29 is 14.3 Å². The van der Waals surface area contributed by atoms with Crippen LogP contribution in [0.4, 0.5) is 0 Å². The Bertz CT molecular complexity index is 1230. The van der Waals surface area contributed by atoms with Crippen molar-refractivity contribution in [3.63, 3.8) is 0 Å². The highest BCUT2D eigenvalue weighted by atomic mass is 79.9. The Morgan fingerprint density at radius 1 is 1.13 bits per heavy atom. The van der Waals surface area contributed by atoms with Crippen molar-refractivity contribution in [2.75, 3.05) is 6.61 Å². The van der Waals surface area contributed by atoms with Gasteiger partial charge < -0.3 is 14.5 Å². The summed E-state index contributed by atoms with van der Waals surface area (Å²) < 4.78 is 12.9. The number of ether oxygens (including phenoxy) is 2. The number of benzene rings is 2. The number of aromatic amines is 1. The Morgan fingerprint density at radius 3 is 2.55 bits per heavy atom. The zero-order valence-corrected chi connectivity index (χ0v) is 19.2. The predicted octanol–water partition coefficient (Wildman–Crippen LogP) is 5.14. The fraction of sp³-hybridized carbons (Fsp3) is 0.360. The molecule has 0 amide bonds. The zero-order chi connectivity index (χ0) is 21.9. The van der Waals surface area contributed by atoms with Gasteiger partial charge in [-0.25, -0.2) is 0 Å². The van der Waals surface area contributed by atoms with Gasteiger partial charge in [0.1, 0.15) is 11.4 Å². The number of hydrogen-bond acceptors (Lipinski definition) is 4. The van der Waals surface area contributed by atoms with E-state index in [1.807, 2.05) is 69.3 Å². The van der Waals surface area contributed by atoms with Gasteiger partial charge in [0.05, 0.1) is 23.6 Å². The molecule has 5 nitrogen and oxygen atoms in total. The van der Waals surface area contributed by atoms with E-state index in [9.17, 15) is 9.59 Å². The summed E-state index contributed by atoms with van der Waals surface area (Å²) in [5.74, 6) is -0.414. The fourth-order valence-corrected chi connectivity index (χ4v) is 5.84. The van der Waals surface area contributed by atoms with Gasteiger partial charge in [-0.3, -0.25) is 9.59 Å². The average Bonchev–Trinajstić information content (AvgIpc) is 2.70. The van der Waals surface area contributed by atoms with Crippen LogP contribution in [0.2, 0.25) is 0 Å². The third kappa shape index (κ3) is 3.03. The molecule has 0 saturated heterocycles. The Morgan fingerprint density at radius 2 is 1.84 bits per heavy atom. The van der Waals surface area contributed by atoms with E-state index in [1.54, 1.807) is 0 Å². The monoisotopic (exact) mass is 481 g/mol. The zero-order valence-electron chi connectivity index (χ0n) is 17.6. The lowest BCUT2D eigenvalue weighted by atomic mass is 9.47. The van der Waals surface area contributed by atoms with Crippen molar-refractivity contribution in [3.05, 3.63) is 74.5 Å². The molecule has 1 aromatic heterocycles. The van der Waals surface area contributed by atoms with E-state index >= 15 is 0 Å². The molecule has 1 fully saturated rings. The molecule has 1 aliphatic carbocycles. The molecule has 1 saturated carbocycles. The molecule has 1 N–H and O–H groups in total. The molecule has 0 radical (unpaired) electrons. The van der Waals surface area contributed by atoms with Crippen LogP contribution in [0.3, 0.4) is 0 Å². The molecule has 2 aromatic carbocycles. The second-order valence-corrected chi connectivity index (χ2v) is 9.77. The van der Waals surface area contributed by atoms with Crippen molar-refractivity contribution in [2.45, 2.75) is 38.2 Å². The maximum atomic E-state index is 13.3. The van der Waals surface area contributed by atoms with Crippen molar-refractivity contribution in [3.8, 4) is 5.75 Å². The van der Waals surface area contributed by atoms with Crippen molar-refractivity contribution in [2.24, 2.45) is 11.8 Å². The molecule has 2 aliphatic rings. The lowest BCUT2D eigenvalue weighted by Crippen LogP contribution is -2.62. The van der Waals surface area contributed by atoms with Crippen molar-refractivity contribution in [1.82, 2.24) is 4.98 Å². The Balaban J connectivity index is 1.74. The second kappa shape index (κ2) is 7.23. The molecule has 6 heteroatoms. The molecule has 31 heavy (non-hydrogen) atoms. The van der Waals surface area contributed by atoms with Crippen LogP contribution in [0, 0.1) is 11.8 Å². The Hall–Kier alpha value is -2.60. The standard InChI is InChI=1S/C25H24BrNO4/c1-4-30-24(29)19-17(13-9-11-14(26)12-10-13)18-20-22(31-25(2,3)21(18)19)15-7-5-6-8-16(15)27-23(20)28/h5-12,17-19,21H,4H2,1-3H3,(H,27,28)/t17-,18-,19+,21+/m0/s1. The van der Waals surface area contributed by atoms with Gasteiger partial charge in [-0.05, 0) is 50.6 Å². The van der Waals surface area contributed by atoms with E-state index in [4.69, 9.17) is 9.47 Å². The van der Waals surface area contributed by atoms with Gasteiger partial charge in [0, 0.05) is 27.6 Å². The van der Waals surface area contributed by atoms with Gasteiger partial charge >= 0.3 is 5.97 Å². The minimum absolute atomic E-state index is 0.136. The first-order valence-electron chi connectivity index (χ1n) is 10.6. The summed E-state index contributed by atoms with van der Waals surface area (Å²) in [7, 11) is 0. The molecular formula is C25H24BrNO4. The van der Waals surface area contributed by atoms with Crippen LogP contribution in [0.1, 0.15) is 43.7 Å². The molecule has 3 aromatic rings. The van der Waals surface area contributed by atoms with Crippen LogP contribution in [0.25, 0.3) is 10.9 Å². The number of halogens is 1. The van der Waals surface area contributed by atoms with E-state index in [2.05, 4.69) is 20.9 Å². The highest BCUT2D eigenvalue weighted by Gasteiger charge is 2.65. The first-order chi connectivity index (χ1) is 14.8. The number of hydrogen-bond donors (Lipinski definition) is 1. The molecule has 1 aliphatic heterocycles. The summed E-state index contributed by atoms with van der Waals surface area (Å²) in [6.07, 6.45) is 0. The summed E-state index contributed by atoms with van der Waals surface area (Å²) >= 11 is 3.49. The number of rotatable bonds is 3. The SMILES string of the molecule is CCOC(=O)[C@@H]1[C@@H](c2ccc(Br)cc2)[C@H]2c3c(c4ccccc4[nH]c3=O)OC(C)(C)[C@@H]12. The van der Waals surface area contributed by atoms with Crippen LogP contribution < -0.4 is 10.3 Å². The molecule has 0 bridgehead atoms. The van der Waals surface area contributed by atoms with Crippen molar-refractivity contribution in [1.29, 1.82) is 0 Å². The number of nitrogens with one attached hydrogen (secondary N) is 1. The van der Waals surface area contributed by atoms with Gasteiger partial charge in [0.2, 0.25) is 0 Å². The highest BCUT2D eigenvalue weighted by molar-refractivity contribution is 9.10.